The van der Waals surface area contributed by atoms with Gasteiger partial charge in [0.2, 0.25) is 5.95 Å². The van der Waals surface area contributed by atoms with Crippen LogP contribution in [0.2, 0.25) is 0 Å². The molecule has 0 atom stereocenters. The molecule has 0 radical (unpaired) electrons. The number of aromatic nitrogens is 2. The van der Waals surface area contributed by atoms with E-state index in [-0.39, 0.29) is 12.0 Å². The van der Waals surface area contributed by atoms with Gasteiger partial charge in [0.1, 0.15) is 0 Å². The van der Waals surface area contributed by atoms with Crippen molar-refractivity contribution in [2.24, 2.45) is 0 Å². The molecule has 0 bridgehead atoms. The molecule has 8 heteroatoms. The quantitative estimate of drug-likeness (QED) is 0.788. The van der Waals surface area contributed by atoms with Crippen LogP contribution < -0.4 is 10.2 Å². The standard InChI is InChI=1S/C16H25N5O3/c1-3-5-6-17-14(22)13-11-18-15(19-12-13)20-7-9-21(10-8-20)16(23)24-4-2/h11-12H,3-10H2,1-2H3,(H,17,22). The molecule has 1 fully saturated rings. The van der Waals surface area contributed by atoms with E-state index >= 15 is 0 Å². The molecule has 2 rings (SSSR count). The molecule has 1 saturated heterocycles. The van der Waals surface area contributed by atoms with Crippen LogP contribution in [0.3, 0.4) is 0 Å². The van der Waals surface area contributed by atoms with Gasteiger partial charge < -0.3 is 19.9 Å². The molecule has 0 aromatic carbocycles. The van der Waals surface area contributed by atoms with Gasteiger partial charge in [-0.15, -0.1) is 0 Å². The second kappa shape index (κ2) is 9.05. The third-order valence-electron chi connectivity index (χ3n) is 3.80. The molecular formula is C16H25N5O3. The third kappa shape index (κ3) is 4.81. The highest BCUT2D eigenvalue weighted by Crippen LogP contribution is 2.11. The molecule has 24 heavy (non-hydrogen) atoms. The molecule has 1 aromatic heterocycles. The van der Waals surface area contributed by atoms with Gasteiger partial charge in [0.05, 0.1) is 12.2 Å². The minimum Gasteiger partial charge on any atom is -0.450 e. The van der Waals surface area contributed by atoms with Crippen LogP contribution in [0, 0.1) is 0 Å². The van der Waals surface area contributed by atoms with E-state index in [0.29, 0.717) is 50.8 Å². The largest absolute Gasteiger partial charge is 0.450 e. The van der Waals surface area contributed by atoms with Crippen LogP contribution >= 0.6 is 0 Å². The Kier molecular flexibility index (Phi) is 6.77. The van der Waals surface area contributed by atoms with Gasteiger partial charge in [-0.05, 0) is 13.3 Å². The molecule has 8 nitrogen and oxygen atoms in total. The molecule has 1 N–H and O–H groups in total. The summed E-state index contributed by atoms with van der Waals surface area (Å²) in [4.78, 5) is 35.8. The Labute approximate surface area is 142 Å². The Hall–Kier alpha value is -2.38. The van der Waals surface area contributed by atoms with E-state index in [0.717, 1.165) is 12.8 Å². The van der Waals surface area contributed by atoms with Gasteiger partial charge in [-0.1, -0.05) is 13.3 Å². The first-order valence-corrected chi connectivity index (χ1v) is 8.42. The van der Waals surface area contributed by atoms with Crippen molar-refractivity contribution in [3.05, 3.63) is 18.0 Å². The highest BCUT2D eigenvalue weighted by atomic mass is 16.6. The van der Waals surface area contributed by atoms with Gasteiger partial charge in [0.15, 0.2) is 0 Å². The molecule has 0 saturated carbocycles. The summed E-state index contributed by atoms with van der Waals surface area (Å²) in [7, 11) is 0. The zero-order valence-corrected chi connectivity index (χ0v) is 14.3. The Balaban J connectivity index is 1.86. The average Bonchev–Trinajstić information content (AvgIpc) is 2.62. The summed E-state index contributed by atoms with van der Waals surface area (Å²) in [6, 6.07) is 0. The van der Waals surface area contributed by atoms with E-state index in [1.165, 1.54) is 0 Å². The molecule has 0 spiro atoms. The lowest BCUT2D eigenvalue weighted by Gasteiger charge is -2.33. The van der Waals surface area contributed by atoms with Gasteiger partial charge in [0, 0.05) is 45.1 Å². The van der Waals surface area contributed by atoms with E-state index in [1.807, 2.05) is 4.90 Å². The minimum absolute atomic E-state index is 0.151. The summed E-state index contributed by atoms with van der Waals surface area (Å²) < 4.78 is 5.00. The minimum atomic E-state index is -0.280. The Morgan fingerprint density at radius 2 is 1.83 bits per heavy atom. The normalized spacial score (nSPS) is 14.4. The first-order valence-electron chi connectivity index (χ1n) is 8.42. The number of nitrogens with one attached hydrogen (secondary N) is 1. The van der Waals surface area contributed by atoms with Crippen LogP contribution in [0.1, 0.15) is 37.0 Å². The summed E-state index contributed by atoms with van der Waals surface area (Å²) in [5.74, 6) is 0.422. The summed E-state index contributed by atoms with van der Waals surface area (Å²) in [6.45, 7) is 7.33. The lowest BCUT2D eigenvalue weighted by atomic mass is 10.3. The number of anilines is 1. The zero-order chi connectivity index (χ0) is 17.4. The maximum Gasteiger partial charge on any atom is 0.409 e. The molecule has 0 aliphatic carbocycles. The van der Waals surface area contributed by atoms with Crippen LogP contribution in [0.4, 0.5) is 10.7 Å². The fourth-order valence-electron chi connectivity index (χ4n) is 2.39. The fourth-order valence-corrected chi connectivity index (χ4v) is 2.39. The van der Waals surface area contributed by atoms with Crippen LogP contribution in [0.25, 0.3) is 0 Å². The lowest BCUT2D eigenvalue weighted by molar-refractivity contribution is 0.0951. The molecular weight excluding hydrogens is 310 g/mol. The van der Waals surface area contributed by atoms with Crippen molar-refractivity contribution >= 4 is 17.9 Å². The van der Waals surface area contributed by atoms with Crippen molar-refractivity contribution in [3.8, 4) is 0 Å². The van der Waals surface area contributed by atoms with Crippen molar-refractivity contribution in [1.29, 1.82) is 0 Å². The van der Waals surface area contributed by atoms with Gasteiger partial charge in [-0.3, -0.25) is 4.79 Å². The molecule has 2 heterocycles. The highest BCUT2D eigenvalue weighted by molar-refractivity contribution is 5.93. The number of piperazine rings is 1. The van der Waals surface area contributed by atoms with Crippen molar-refractivity contribution in [2.45, 2.75) is 26.7 Å². The van der Waals surface area contributed by atoms with Gasteiger partial charge >= 0.3 is 6.09 Å². The average molecular weight is 335 g/mol. The predicted molar refractivity (Wildman–Crippen MR) is 90.1 cm³/mol. The SMILES string of the molecule is CCCCNC(=O)c1cnc(N2CCN(C(=O)OCC)CC2)nc1. The van der Waals surface area contributed by atoms with Gasteiger partial charge in [0.25, 0.3) is 5.91 Å². The number of amides is 2. The molecule has 1 aliphatic rings. The first kappa shape index (κ1) is 18.0. The first-order chi connectivity index (χ1) is 11.7. The number of carbonyl (C=O) groups excluding carboxylic acids is 2. The number of ether oxygens (including phenoxy) is 1. The second-order valence-corrected chi connectivity index (χ2v) is 5.55. The van der Waals surface area contributed by atoms with E-state index in [9.17, 15) is 9.59 Å². The van der Waals surface area contributed by atoms with Crippen molar-refractivity contribution in [3.63, 3.8) is 0 Å². The number of hydrogen-bond acceptors (Lipinski definition) is 6. The van der Waals surface area contributed by atoms with Crippen LogP contribution in [-0.4, -0.2) is 66.2 Å². The van der Waals surface area contributed by atoms with E-state index in [1.54, 1.807) is 24.2 Å². The zero-order valence-electron chi connectivity index (χ0n) is 14.3. The van der Waals surface area contributed by atoms with Gasteiger partial charge in [-0.25, -0.2) is 14.8 Å². The number of unbranched alkanes of at least 4 members (excludes halogenated alkanes) is 1. The van der Waals surface area contributed by atoms with E-state index < -0.39 is 0 Å². The third-order valence-corrected chi connectivity index (χ3v) is 3.80. The summed E-state index contributed by atoms with van der Waals surface area (Å²) in [6.07, 6.45) is 4.79. The van der Waals surface area contributed by atoms with Crippen LogP contribution in [-0.2, 0) is 4.74 Å². The van der Waals surface area contributed by atoms with Crippen molar-refractivity contribution in [2.75, 3.05) is 44.2 Å². The van der Waals surface area contributed by atoms with Crippen molar-refractivity contribution < 1.29 is 14.3 Å². The summed E-state index contributed by atoms with van der Waals surface area (Å²) in [5.41, 5.74) is 0.458. The number of hydrogen-bond donors (Lipinski definition) is 1. The molecule has 1 aromatic rings. The second-order valence-electron chi connectivity index (χ2n) is 5.55. The van der Waals surface area contributed by atoms with Crippen LogP contribution in [0.15, 0.2) is 12.4 Å². The Morgan fingerprint density at radius 1 is 1.17 bits per heavy atom. The van der Waals surface area contributed by atoms with Gasteiger partial charge in [-0.2, -0.15) is 0 Å². The Bertz CT molecular complexity index is 541. The number of carbonyl (C=O) groups is 2. The van der Waals surface area contributed by atoms with E-state index in [4.69, 9.17) is 4.74 Å². The molecule has 132 valence electrons. The fraction of sp³-hybridized carbons (Fsp3) is 0.625. The molecule has 2 amide bonds. The smallest absolute Gasteiger partial charge is 0.409 e. The molecule has 1 aliphatic heterocycles. The number of rotatable bonds is 6. The lowest BCUT2D eigenvalue weighted by Crippen LogP contribution is -2.49. The monoisotopic (exact) mass is 335 g/mol. The molecule has 0 unspecified atom stereocenters. The summed E-state index contributed by atoms with van der Waals surface area (Å²) in [5, 5.41) is 2.84. The van der Waals surface area contributed by atoms with Crippen LogP contribution in [0.5, 0.6) is 0 Å². The number of nitrogens with zero attached hydrogens (tertiary/aromatic N) is 4. The summed E-state index contributed by atoms with van der Waals surface area (Å²) >= 11 is 0. The predicted octanol–water partition coefficient (Wildman–Crippen LogP) is 1.28. The maximum atomic E-state index is 11.9. The highest BCUT2D eigenvalue weighted by Gasteiger charge is 2.23. The topological polar surface area (TPSA) is 87.7 Å². The Morgan fingerprint density at radius 3 is 2.42 bits per heavy atom. The van der Waals surface area contributed by atoms with Crippen molar-refractivity contribution in [1.82, 2.24) is 20.2 Å². The maximum absolute atomic E-state index is 11.9. The van der Waals surface area contributed by atoms with E-state index in [2.05, 4.69) is 22.2 Å².